The van der Waals surface area contributed by atoms with Crippen molar-refractivity contribution in [3.05, 3.63) is 29.8 Å². The van der Waals surface area contributed by atoms with Crippen LogP contribution in [0, 0.1) is 0 Å². The molecule has 4 N–H and O–H groups in total. The van der Waals surface area contributed by atoms with E-state index in [4.69, 9.17) is 10.5 Å². The van der Waals surface area contributed by atoms with Gasteiger partial charge in [0.1, 0.15) is 5.75 Å². The minimum absolute atomic E-state index is 0.138. The molecular weight excluding hydrogens is 288 g/mol. The topological polar surface area (TPSA) is 123 Å². The van der Waals surface area contributed by atoms with E-state index in [-0.39, 0.29) is 12.6 Å². The molecule has 1 aromatic carbocycles. The average molecular weight is 306 g/mol. The molecule has 1 rings (SSSR count). The van der Waals surface area contributed by atoms with Gasteiger partial charge in [-0.15, -0.1) is 0 Å². The Morgan fingerprint density at radius 3 is 2.68 bits per heavy atom. The van der Waals surface area contributed by atoms with Crippen LogP contribution < -0.4 is 21.2 Å². The van der Waals surface area contributed by atoms with E-state index >= 15 is 0 Å². The molecule has 0 spiro atoms. The second-order valence-corrected chi connectivity index (χ2v) is 4.65. The van der Waals surface area contributed by atoms with E-state index in [1.807, 2.05) is 0 Å². The average Bonchev–Trinajstić information content (AvgIpc) is 2.44. The van der Waals surface area contributed by atoms with Gasteiger partial charge in [-0.2, -0.15) is 5.10 Å². The van der Waals surface area contributed by atoms with E-state index in [1.54, 1.807) is 38.1 Å². The summed E-state index contributed by atoms with van der Waals surface area (Å²) in [7, 11) is 0. The number of ether oxygens (including phenoxy) is 1. The summed E-state index contributed by atoms with van der Waals surface area (Å²) in [4.78, 5) is 33.4. The largest absolute Gasteiger partial charge is 0.484 e. The zero-order valence-electron chi connectivity index (χ0n) is 12.3. The Labute approximate surface area is 127 Å². The van der Waals surface area contributed by atoms with Gasteiger partial charge in [0, 0.05) is 6.04 Å². The Kier molecular flexibility index (Phi) is 6.55. The smallest absolute Gasteiger partial charge is 0.329 e. The normalized spacial score (nSPS) is 10.5. The Morgan fingerprint density at radius 1 is 1.32 bits per heavy atom. The van der Waals surface area contributed by atoms with Gasteiger partial charge in [-0.1, -0.05) is 12.1 Å². The molecular formula is C14H18N4O4. The summed E-state index contributed by atoms with van der Waals surface area (Å²) in [5, 5.41) is 6.11. The minimum atomic E-state index is -0.855. The van der Waals surface area contributed by atoms with Gasteiger partial charge in [-0.05, 0) is 31.5 Å². The van der Waals surface area contributed by atoms with Crippen molar-refractivity contribution in [1.29, 1.82) is 0 Å². The molecule has 0 radical (unpaired) electrons. The number of nitrogens with two attached hydrogens (primary N) is 1. The molecule has 0 fully saturated rings. The summed E-state index contributed by atoms with van der Waals surface area (Å²) in [5.41, 5.74) is 7.71. The first-order valence-corrected chi connectivity index (χ1v) is 6.53. The molecule has 0 saturated carbocycles. The fourth-order valence-corrected chi connectivity index (χ4v) is 1.38. The lowest BCUT2D eigenvalue weighted by Crippen LogP contribution is -2.41. The number of rotatable bonds is 6. The molecule has 0 aromatic heterocycles. The molecule has 0 aliphatic heterocycles. The Hall–Kier alpha value is -2.90. The monoisotopic (exact) mass is 306 g/mol. The Morgan fingerprint density at radius 2 is 2.05 bits per heavy atom. The van der Waals surface area contributed by atoms with Crippen LogP contribution in [0.2, 0.25) is 0 Å². The first-order chi connectivity index (χ1) is 10.4. The van der Waals surface area contributed by atoms with Crippen molar-refractivity contribution in [2.24, 2.45) is 10.8 Å². The molecule has 0 heterocycles. The minimum Gasteiger partial charge on any atom is -0.484 e. The highest BCUT2D eigenvalue weighted by Crippen LogP contribution is 2.11. The number of nitrogens with one attached hydrogen (secondary N) is 2. The summed E-state index contributed by atoms with van der Waals surface area (Å²) in [6.45, 7) is 3.25. The molecule has 118 valence electrons. The van der Waals surface area contributed by atoms with Crippen LogP contribution in [0.5, 0.6) is 5.75 Å². The lowest BCUT2D eigenvalue weighted by atomic mass is 10.2. The predicted molar refractivity (Wildman–Crippen MR) is 80.1 cm³/mol. The predicted octanol–water partition coefficient (Wildman–Crippen LogP) is -0.475. The van der Waals surface area contributed by atoms with E-state index in [1.165, 1.54) is 6.21 Å². The molecule has 0 saturated heterocycles. The van der Waals surface area contributed by atoms with E-state index < -0.39 is 17.7 Å². The van der Waals surface area contributed by atoms with Crippen LogP contribution in [-0.2, 0) is 14.4 Å². The van der Waals surface area contributed by atoms with Crippen molar-refractivity contribution in [2.45, 2.75) is 19.9 Å². The van der Waals surface area contributed by atoms with Gasteiger partial charge in [-0.3, -0.25) is 14.4 Å². The maximum atomic E-state index is 11.4. The van der Waals surface area contributed by atoms with E-state index in [2.05, 4.69) is 15.8 Å². The van der Waals surface area contributed by atoms with Crippen molar-refractivity contribution < 1.29 is 19.1 Å². The van der Waals surface area contributed by atoms with Crippen molar-refractivity contribution in [3.63, 3.8) is 0 Å². The summed E-state index contributed by atoms with van der Waals surface area (Å²) in [6, 6.07) is 6.51. The quantitative estimate of drug-likeness (QED) is 0.373. The molecule has 0 aliphatic rings. The number of nitrogens with zero attached hydrogens (tertiary/aromatic N) is 1. The van der Waals surface area contributed by atoms with Gasteiger partial charge in [0.2, 0.25) is 0 Å². The number of amides is 3. The number of hydrogen-bond acceptors (Lipinski definition) is 5. The zero-order valence-corrected chi connectivity index (χ0v) is 12.3. The number of carbonyl (C=O) groups excluding carboxylic acids is 3. The number of benzene rings is 1. The second kappa shape index (κ2) is 8.40. The highest BCUT2D eigenvalue weighted by atomic mass is 16.5. The lowest BCUT2D eigenvalue weighted by molar-refractivity contribution is -0.139. The summed E-state index contributed by atoms with van der Waals surface area (Å²) < 4.78 is 5.13. The number of primary amides is 1. The van der Waals surface area contributed by atoms with Crippen LogP contribution in [0.25, 0.3) is 0 Å². The van der Waals surface area contributed by atoms with Crippen molar-refractivity contribution >= 4 is 23.9 Å². The van der Waals surface area contributed by atoms with Crippen LogP contribution in [0.3, 0.4) is 0 Å². The van der Waals surface area contributed by atoms with Crippen LogP contribution >= 0.6 is 0 Å². The van der Waals surface area contributed by atoms with Crippen LogP contribution in [0.4, 0.5) is 0 Å². The number of hydrazone groups is 1. The van der Waals surface area contributed by atoms with Gasteiger partial charge in [-0.25, -0.2) is 5.43 Å². The molecule has 1 aromatic rings. The van der Waals surface area contributed by atoms with Crippen LogP contribution in [-0.4, -0.2) is 36.6 Å². The van der Waals surface area contributed by atoms with Crippen molar-refractivity contribution in [3.8, 4) is 5.75 Å². The van der Waals surface area contributed by atoms with Gasteiger partial charge in [0.05, 0.1) is 6.21 Å². The van der Waals surface area contributed by atoms with E-state index in [0.717, 1.165) is 0 Å². The highest BCUT2D eigenvalue weighted by Gasteiger charge is 2.12. The third kappa shape index (κ3) is 6.51. The van der Waals surface area contributed by atoms with Gasteiger partial charge in [0.25, 0.3) is 5.91 Å². The Bertz CT molecular complexity index is 584. The maximum absolute atomic E-state index is 11.4. The van der Waals surface area contributed by atoms with Crippen molar-refractivity contribution in [2.75, 3.05) is 6.61 Å². The lowest BCUT2D eigenvalue weighted by Gasteiger charge is -2.06. The van der Waals surface area contributed by atoms with Crippen LogP contribution in [0.15, 0.2) is 29.4 Å². The summed E-state index contributed by atoms with van der Waals surface area (Å²) in [6.07, 6.45) is 1.34. The fraction of sp³-hybridized carbons (Fsp3) is 0.286. The molecule has 0 unspecified atom stereocenters. The van der Waals surface area contributed by atoms with Gasteiger partial charge in [0.15, 0.2) is 6.61 Å². The number of carbonyl (C=O) groups is 3. The Balaban J connectivity index is 2.55. The van der Waals surface area contributed by atoms with Crippen molar-refractivity contribution in [1.82, 2.24) is 10.7 Å². The third-order valence-corrected chi connectivity index (χ3v) is 2.24. The van der Waals surface area contributed by atoms with Crippen LogP contribution in [0.1, 0.15) is 19.4 Å². The molecule has 0 bridgehead atoms. The molecule has 0 atom stereocenters. The summed E-state index contributed by atoms with van der Waals surface area (Å²) in [5.74, 6) is -1.76. The zero-order chi connectivity index (χ0) is 16.5. The highest BCUT2D eigenvalue weighted by molar-refractivity contribution is 6.35. The standard InChI is InChI=1S/C14H18N4O4/c1-9(2)17-13(20)14(21)18-16-7-10-4-3-5-11(6-10)22-8-12(15)19/h3-7,9H,8H2,1-2H3,(H2,15,19)(H,17,20)(H,18,21)/b16-7-. The molecule has 8 nitrogen and oxygen atoms in total. The second-order valence-electron chi connectivity index (χ2n) is 4.65. The first-order valence-electron chi connectivity index (χ1n) is 6.53. The van der Waals surface area contributed by atoms with E-state index in [9.17, 15) is 14.4 Å². The fourth-order valence-electron chi connectivity index (χ4n) is 1.38. The maximum Gasteiger partial charge on any atom is 0.329 e. The third-order valence-electron chi connectivity index (χ3n) is 2.24. The van der Waals surface area contributed by atoms with Gasteiger partial charge >= 0.3 is 11.8 Å². The SMILES string of the molecule is CC(C)NC(=O)C(=O)N/N=C\c1cccc(OCC(N)=O)c1. The molecule has 22 heavy (non-hydrogen) atoms. The summed E-state index contributed by atoms with van der Waals surface area (Å²) >= 11 is 0. The first kappa shape index (κ1) is 17.2. The van der Waals surface area contributed by atoms with Gasteiger partial charge < -0.3 is 15.8 Å². The molecule has 3 amide bonds. The van der Waals surface area contributed by atoms with E-state index in [0.29, 0.717) is 11.3 Å². The number of hydrogen-bond donors (Lipinski definition) is 3. The molecule has 0 aliphatic carbocycles. The molecule has 8 heteroatoms.